The highest BCUT2D eigenvalue weighted by atomic mass is 32.1. The van der Waals surface area contributed by atoms with Gasteiger partial charge in [0.25, 0.3) is 5.91 Å². The number of fused-ring (bicyclic) bond motifs is 1. The Morgan fingerprint density at radius 2 is 2.08 bits per heavy atom. The Morgan fingerprint density at radius 1 is 1.12 bits per heavy atom. The number of rotatable bonds is 5. The number of carbonyl (C=O) groups excluding carboxylic acids is 1. The molecule has 1 amide bonds. The lowest BCUT2D eigenvalue weighted by Crippen LogP contribution is -2.22. The maximum absolute atomic E-state index is 12.4. The van der Waals surface area contributed by atoms with Gasteiger partial charge < -0.3 is 10.6 Å². The molecule has 4 aromatic rings. The van der Waals surface area contributed by atoms with Crippen LogP contribution in [0.2, 0.25) is 0 Å². The minimum Gasteiger partial charge on any atom is -0.348 e. The van der Waals surface area contributed by atoms with E-state index in [4.69, 9.17) is 0 Å². The molecule has 0 aliphatic rings. The van der Waals surface area contributed by atoms with Crippen LogP contribution >= 0.6 is 11.3 Å². The summed E-state index contributed by atoms with van der Waals surface area (Å²) in [6.07, 6.45) is 6.57. The molecule has 1 aromatic carbocycles. The summed E-state index contributed by atoms with van der Waals surface area (Å²) in [6.45, 7) is 0.438. The van der Waals surface area contributed by atoms with Gasteiger partial charge in [-0.2, -0.15) is 0 Å². The fraction of sp³-hybridized carbons (Fsp3) is 0.0556. The number of nitrogens with one attached hydrogen (secondary N) is 2. The molecule has 0 atom stereocenters. The van der Waals surface area contributed by atoms with Crippen LogP contribution in [-0.4, -0.2) is 25.8 Å². The van der Waals surface area contributed by atoms with Crippen molar-refractivity contribution >= 4 is 38.4 Å². The van der Waals surface area contributed by atoms with E-state index in [1.54, 1.807) is 30.7 Å². The van der Waals surface area contributed by atoms with Crippen LogP contribution < -0.4 is 10.6 Å². The van der Waals surface area contributed by atoms with E-state index >= 15 is 0 Å². The van der Waals surface area contributed by atoms with E-state index in [1.165, 1.54) is 17.7 Å². The van der Waals surface area contributed by atoms with Crippen molar-refractivity contribution in [1.82, 2.24) is 25.3 Å². The number of amides is 1. The van der Waals surface area contributed by atoms with Crippen LogP contribution in [0.5, 0.6) is 0 Å². The van der Waals surface area contributed by atoms with Crippen LogP contribution in [0.4, 0.5) is 10.9 Å². The normalized spacial score (nSPS) is 10.6. The molecular weight excluding hydrogens is 348 g/mol. The van der Waals surface area contributed by atoms with E-state index in [9.17, 15) is 4.79 Å². The second-order valence-corrected chi connectivity index (χ2v) is 6.50. The van der Waals surface area contributed by atoms with Gasteiger partial charge in [-0.1, -0.05) is 17.4 Å². The number of benzene rings is 1. The molecule has 0 saturated heterocycles. The number of aromatic nitrogens is 4. The Balaban J connectivity index is 1.49. The third-order valence-electron chi connectivity index (χ3n) is 3.64. The topological polar surface area (TPSA) is 92.7 Å². The maximum atomic E-state index is 12.4. The summed E-state index contributed by atoms with van der Waals surface area (Å²) in [5.41, 5.74) is 2.38. The lowest BCUT2D eigenvalue weighted by atomic mass is 10.2. The van der Waals surface area contributed by atoms with Crippen LogP contribution in [-0.2, 0) is 6.54 Å². The molecule has 26 heavy (non-hydrogen) atoms. The first-order valence-corrected chi connectivity index (χ1v) is 8.70. The Morgan fingerprint density at radius 3 is 2.88 bits per heavy atom. The Kier molecular flexibility index (Phi) is 4.48. The zero-order chi connectivity index (χ0) is 17.8. The summed E-state index contributed by atoms with van der Waals surface area (Å²) in [4.78, 5) is 28.9. The van der Waals surface area contributed by atoms with Crippen molar-refractivity contribution < 1.29 is 4.79 Å². The van der Waals surface area contributed by atoms with Gasteiger partial charge in [-0.25, -0.2) is 15.0 Å². The minimum atomic E-state index is -0.130. The average molecular weight is 362 g/mol. The minimum absolute atomic E-state index is 0.130. The van der Waals surface area contributed by atoms with Crippen molar-refractivity contribution in [3.05, 3.63) is 72.4 Å². The fourth-order valence-corrected chi connectivity index (χ4v) is 3.29. The van der Waals surface area contributed by atoms with Crippen molar-refractivity contribution in [2.45, 2.75) is 6.54 Å². The number of nitrogens with zero attached hydrogens (tertiary/aromatic N) is 4. The van der Waals surface area contributed by atoms with Gasteiger partial charge >= 0.3 is 0 Å². The SMILES string of the molecule is O=C(NCc1cccnc1)c1ccc2nc(Nc3ccncn3)sc2c1. The number of hydrogen-bond donors (Lipinski definition) is 2. The fourth-order valence-electron chi connectivity index (χ4n) is 2.38. The number of hydrogen-bond acceptors (Lipinski definition) is 7. The number of carbonyl (C=O) groups is 1. The van der Waals surface area contributed by atoms with Crippen molar-refractivity contribution in [1.29, 1.82) is 0 Å². The Bertz CT molecular complexity index is 1040. The van der Waals surface area contributed by atoms with Gasteiger partial charge in [-0.3, -0.25) is 9.78 Å². The molecule has 2 N–H and O–H groups in total. The summed E-state index contributed by atoms with van der Waals surface area (Å²) in [5.74, 6) is 0.544. The largest absolute Gasteiger partial charge is 0.348 e. The Labute approximate surface area is 153 Å². The van der Waals surface area contributed by atoms with Gasteiger partial charge in [-0.15, -0.1) is 0 Å². The molecule has 0 radical (unpaired) electrons. The third kappa shape index (κ3) is 3.65. The highest BCUT2D eigenvalue weighted by molar-refractivity contribution is 7.22. The smallest absolute Gasteiger partial charge is 0.251 e. The third-order valence-corrected chi connectivity index (χ3v) is 4.58. The number of thiazole rings is 1. The highest BCUT2D eigenvalue weighted by Gasteiger charge is 2.10. The monoisotopic (exact) mass is 362 g/mol. The predicted molar refractivity (Wildman–Crippen MR) is 100 cm³/mol. The summed E-state index contributed by atoms with van der Waals surface area (Å²) in [7, 11) is 0. The van der Waals surface area contributed by atoms with Gasteiger partial charge in [0.05, 0.1) is 10.2 Å². The number of anilines is 2. The molecule has 0 bridgehead atoms. The lowest BCUT2D eigenvalue weighted by molar-refractivity contribution is 0.0951. The molecule has 8 heteroatoms. The molecular formula is C18H14N6OS. The van der Waals surface area contributed by atoms with Gasteiger partial charge in [-0.05, 0) is 35.9 Å². The van der Waals surface area contributed by atoms with Crippen molar-refractivity contribution in [3.63, 3.8) is 0 Å². The summed E-state index contributed by atoms with van der Waals surface area (Å²) in [5, 5.41) is 6.75. The predicted octanol–water partition coefficient (Wildman–Crippen LogP) is 3.15. The molecule has 128 valence electrons. The lowest BCUT2D eigenvalue weighted by Gasteiger charge is -2.04. The zero-order valence-electron chi connectivity index (χ0n) is 13.6. The van der Waals surface area contributed by atoms with Gasteiger partial charge in [0, 0.05) is 30.7 Å². The van der Waals surface area contributed by atoms with E-state index in [-0.39, 0.29) is 5.91 Å². The molecule has 3 aromatic heterocycles. The molecule has 0 saturated carbocycles. The van der Waals surface area contributed by atoms with Crippen LogP contribution in [0, 0.1) is 0 Å². The van der Waals surface area contributed by atoms with E-state index in [1.807, 2.05) is 24.3 Å². The molecule has 4 rings (SSSR count). The Hall–Kier alpha value is -3.39. The molecule has 0 fully saturated rings. The zero-order valence-corrected chi connectivity index (χ0v) is 14.4. The quantitative estimate of drug-likeness (QED) is 0.566. The highest BCUT2D eigenvalue weighted by Crippen LogP contribution is 2.28. The summed E-state index contributed by atoms with van der Waals surface area (Å²) < 4.78 is 0.926. The first kappa shape index (κ1) is 16.1. The van der Waals surface area contributed by atoms with E-state index in [0.29, 0.717) is 23.1 Å². The summed E-state index contributed by atoms with van der Waals surface area (Å²) >= 11 is 1.47. The first-order valence-electron chi connectivity index (χ1n) is 7.89. The van der Waals surface area contributed by atoms with Crippen LogP contribution in [0.25, 0.3) is 10.2 Å². The van der Waals surface area contributed by atoms with Gasteiger partial charge in [0.1, 0.15) is 12.1 Å². The standard InChI is InChI=1S/C18H14N6OS/c25-17(21-10-12-2-1-6-19-9-12)13-3-4-14-15(8-13)26-18(23-14)24-16-5-7-20-11-22-16/h1-9,11H,10H2,(H,21,25)(H,20,22,23,24). The van der Waals surface area contributed by atoms with Crippen molar-refractivity contribution in [3.8, 4) is 0 Å². The van der Waals surface area contributed by atoms with E-state index < -0.39 is 0 Å². The first-order chi connectivity index (χ1) is 12.8. The van der Waals surface area contributed by atoms with E-state index in [0.717, 1.165) is 15.8 Å². The van der Waals surface area contributed by atoms with Crippen LogP contribution in [0.1, 0.15) is 15.9 Å². The molecule has 0 spiro atoms. The van der Waals surface area contributed by atoms with Crippen molar-refractivity contribution in [2.75, 3.05) is 5.32 Å². The van der Waals surface area contributed by atoms with Gasteiger partial charge in [0.2, 0.25) is 0 Å². The second kappa shape index (κ2) is 7.24. The van der Waals surface area contributed by atoms with Gasteiger partial charge in [0.15, 0.2) is 5.13 Å². The average Bonchev–Trinajstić information content (AvgIpc) is 3.09. The maximum Gasteiger partial charge on any atom is 0.251 e. The molecule has 0 unspecified atom stereocenters. The van der Waals surface area contributed by atoms with Crippen LogP contribution in [0.3, 0.4) is 0 Å². The van der Waals surface area contributed by atoms with E-state index in [2.05, 4.69) is 30.6 Å². The second-order valence-electron chi connectivity index (χ2n) is 5.47. The molecule has 7 nitrogen and oxygen atoms in total. The summed E-state index contributed by atoms with van der Waals surface area (Å²) in [6, 6.07) is 11.0. The number of pyridine rings is 1. The van der Waals surface area contributed by atoms with Crippen LogP contribution in [0.15, 0.2) is 61.3 Å². The molecule has 0 aliphatic heterocycles. The van der Waals surface area contributed by atoms with Crippen molar-refractivity contribution in [2.24, 2.45) is 0 Å². The molecule has 0 aliphatic carbocycles. The molecule has 3 heterocycles.